The van der Waals surface area contributed by atoms with E-state index >= 15 is 0 Å². The van der Waals surface area contributed by atoms with Crippen LogP contribution in [0.25, 0.3) is 6.08 Å². The third-order valence-electron chi connectivity index (χ3n) is 8.03. The average molecular weight is 514 g/mol. The van der Waals surface area contributed by atoms with E-state index in [0.29, 0.717) is 50.4 Å². The lowest BCUT2D eigenvalue weighted by molar-refractivity contribution is -0.141. The number of carboxylic acid groups (broad SMARTS) is 1. The molecule has 2 N–H and O–H groups in total. The highest BCUT2D eigenvalue weighted by Gasteiger charge is 2.56. The SMILES string of the molecule is C/C(=C\c1ccc(CO)o1)CC[C@H]1OC[C@H]2C1=C(C(C)C)C[C@H]1C(=O)N(CCCCCC(=O)O)C(=O)[C@H]12. The third kappa shape index (κ3) is 5.91. The summed E-state index contributed by atoms with van der Waals surface area (Å²) in [6.07, 6.45) is 6.11. The van der Waals surface area contributed by atoms with Gasteiger partial charge in [-0.25, -0.2) is 0 Å². The number of carboxylic acids is 1. The largest absolute Gasteiger partial charge is 0.481 e. The summed E-state index contributed by atoms with van der Waals surface area (Å²) in [5.41, 5.74) is 3.64. The maximum atomic E-state index is 13.4. The Hall–Kier alpha value is -2.71. The smallest absolute Gasteiger partial charge is 0.303 e. The fraction of sp³-hybridized carbons (Fsp3) is 0.621. The van der Waals surface area contributed by atoms with Crippen molar-refractivity contribution < 1.29 is 33.8 Å². The number of allylic oxidation sites excluding steroid dienone is 2. The van der Waals surface area contributed by atoms with Gasteiger partial charge in [-0.1, -0.05) is 31.4 Å². The summed E-state index contributed by atoms with van der Waals surface area (Å²) in [5, 5.41) is 18.0. The first-order chi connectivity index (χ1) is 17.7. The normalized spacial score (nSPS) is 25.9. The first-order valence-corrected chi connectivity index (χ1v) is 13.5. The lowest BCUT2D eigenvalue weighted by Crippen LogP contribution is -2.35. The minimum absolute atomic E-state index is 0.0592. The van der Waals surface area contributed by atoms with Gasteiger partial charge in [0.15, 0.2) is 0 Å². The molecule has 37 heavy (non-hydrogen) atoms. The molecule has 2 saturated heterocycles. The molecule has 8 heteroatoms. The number of likely N-dealkylation sites (tertiary alicyclic amines) is 1. The summed E-state index contributed by atoms with van der Waals surface area (Å²) in [4.78, 5) is 38.9. The monoisotopic (exact) mass is 513 g/mol. The molecule has 8 nitrogen and oxygen atoms in total. The number of fused-ring (bicyclic) bond motifs is 3. The molecule has 3 heterocycles. The van der Waals surface area contributed by atoms with Crippen LogP contribution in [-0.2, 0) is 25.7 Å². The molecule has 1 aromatic heterocycles. The first-order valence-electron chi connectivity index (χ1n) is 13.5. The number of amides is 2. The van der Waals surface area contributed by atoms with Crippen molar-refractivity contribution in [2.75, 3.05) is 13.2 Å². The van der Waals surface area contributed by atoms with Crippen molar-refractivity contribution in [1.29, 1.82) is 0 Å². The van der Waals surface area contributed by atoms with Gasteiger partial charge in [0.05, 0.1) is 24.5 Å². The van der Waals surface area contributed by atoms with Gasteiger partial charge in [-0.15, -0.1) is 0 Å². The molecule has 0 saturated carbocycles. The zero-order chi connectivity index (χ0) is 26.7. The van der Waals surface area contributed by atoms with E-state index in [1.807, 2.05) is 12.1 Å². The highest BCUT2D eigenvalue weighted by atomic mass is 16.5. The van der Waals surface area contributed by atoms with Gasteiger partial charge in [0.1, 0.15) is 18.1 Å². The standard InChI is InChI=1S/C29H39NO7/c1-17(2)21-14-22-27(29(35)30(28(22)34)12-6-4-5-7-25(32)33)23-16-36-24(26(21)23)11-8-18(3)13-19-9-10-20(15-31)37-19/h9-10,13,17,22-24,27,31H,4-8,11-12,14-16H2,1-3H3,(H,32,33)/b18-13+/t22-,23+,24-,27-/m1/s1. The van der Waals surface area contributed by atoms with Gasteiger partial charge < -0.3 is 19.4 Å². The minimum atomic E-state index is -0.822. The number of aliphatic hydroxyl groups is 1. The number of nitrogens with zero attached hydrogens (tertiary/aromatic N) is 1. The molecule has 0 unspecified atom stereocenters. The number of aliphatic hydroxyl groups excluding tert-OH is 1. The molecule has 0 aromatic carbocycles. The summed E-state index contributed by atoms with van der Waals surface area (Å²) >= 11 is 0. The maximum Gasteiger partial charge on any atom is 0.303 e. The van der Waals surface area contributed by atoms with Gasteiger partial charge in [-0.2, -0.15) is 0 Å². The Morgan fingerprint density at radius 2 is 1.92 bits per heavy atom. The van der Waals surface area contributed by atoms with Crippen molar-refractivity contribution in [3.8, 4) is 0 Å². The number of unbranched alkanes of at least 4 members (excludes halogenated alkanes) is 2. The van der Waals surface area contributed by atoms with Crippen LogP contribution in [0.15, 0.2) is 33.3 Å². The second kappa shape index (κ2) is 11.8. The number of furan rings is 1. The lowest BCUT2D eigenvalue weighted by Gasteiger charge is -2.33. The first kappa shape index (κ1) is 27.3. The Bertz CT molecular complexity index is 1080. The Morgan fingerprint density at radius 3 is 2.59 bits per heavy atom. The highest BCUT2D eigenvalue weighted by molar-refractivity contribution is 6.06. The van der Waals surface area contributed by atoms with Crippen LogP contribution in [0.2, 0.25) is 0 Å². The van der Waals surface area contributed by atoms with Crippen LogP contribution in [0.5, 0.6) is 0 Å². The molecule has 2 amide bonds. The topological polar surface area (TPSA) is 117 Å². The zero-order valence-electron chi connectivity index (χ0n) is 22.1. The Morgan fingerprint density at radius 1 is 1.14 bits per heavy atom. The molecule has 0 spiro atoms. The van der Waals surface area contributed by atoms with Crippen LogP contribution < -0.4 is 0 Å². The lowest BCUT2D eigenvalue weighted by atomic mass is 9.67. The van der Waals surface area contributed by atoms with Gasteiger partial charge in [-0.3, -0.25) is 19.3 Å². The molecule has 1 aromatic rings. The molecule has 2 fully saturated rings. The number of ether oxygens (including phenoxy) is 1. The van der Waals surface area contributed by atoms with Crippen molar-refractivity contribution in [3.05, 3.63) is 40.4 Å². The van der Waals surface area contributed by atoms with Crippen molar-refractivity contribution in [2.45, 2.75) is 78.4 Å². The van der Waals surface area contributed by atoms with E-state index in [0.717, 1.165) is 18.4 Å². The molecule has 4 atom stereocenters. The summed E-state index contributed by atoms with van der Waals surface area (Å²) in [6, 6.07) is 3.61. The fourth-order valence-corrected chi connectivity index (χ4v) is 6.20. The van der Waals surface area contributed by atoms with Crippen LogP contribution in [-0.4, -0.2) is 52.2 Å². The molecule has 0 radical (unpaired) electrons. The molecule has 0 bridgehead atoms. The molecular weight excluding hydrogens is 474 g/mol. The van der Waals surface area contributed by atoms with Crippen molar-refractivity contribution in [1.82, 2.24) is 4.90 Å². The number of carbonyl (C=O) groups is 3. The number of hydrogen-bond acceptors (Lipinski definition) is 6. The summed E-state index contributed by atoms with van der Waals surface area (Å²) < 4.78 is 11.9. The van der Waals surface area contributed by atoms with Crippen molar-refractivity contribution >= 4 is 23.9 Å². The Labute approximate surface area is 218 Å². The number of hydrogen-bond donors (Lipinski definition) is 2. The zero-order valence-corrected chi connectivity index (χ0v) is 22.1. The number of imide groups is 1. The minimum Gasteiger partial charge on any atom is -0.481 e. The van der Waals surface area contributed by atoms with Gasteiger partial charge >= 0.3 is 5.97 Å². The van der Waals surface area contributed by atoms with Crippen LogP contribution >= 0.6 is 0 Å². The van der Waals surface area contributed by atoms with E-state index in [1.54, 1.807) is 6.07 Å². The van der Waals surface area contributed by atoms with Gasteiger partial charge in [-0.05, 0) is 68.7 Å². The van der Waals surface area contributed by atoms with E-state index < -0.39 is 5.97 Å². The second-order valence-electron chi connectivity index (χ2n) is 10.9. The summed E-state index contributed by atoms with van der Waals surface area (Å²) in [7, 11) is 0. The van der Waals surface area contributed by atoms with Crippen LogP contribution in [0.1, 0.15) is 77.2 Å². The molecule has 4 rings (SSSR count). The fourth-order valence-electron chi connectivity index (χ4n) is 6.20. The van der Waals surface area contributed by atoms with E-state index in [-0.39, 0.29) is 54.6 Å². The maximum absolute atomic E-state index is 13.4. The quantitative estimate of drug-likeness (QED) is 0.239. The predicted octanol–water partition coefficient (Wildman–Crippen LogP) is 4.57. The highest BCUT2D eigenvalue weighted by Crippen LogP contribution is 2.51. The van der Waals surface area contributed by atoms with E-state index in [1.165, 1.54) is 16.0 Å². The van der Waals surface area contributed by atoms with Gasteiger partial charge in [0, 0.05) is 18.9 Å². The van der Waals surface area contributed by atoms with Crippen molar-refractivity contribution in [3.63, 3.8) is 0 Å². The Balaban J connectivity index is 1.44. The van der Waals surface area contributed by atoms with Crippen LogP contribution in [0, 0.1) is 23.7 Å². The summed E-state index contributed by atoms with van der Waals surface area (Å²) in [6.45, 7) is 7.05. The third-order valence-corrected chi connectivity index (χ3v) is 8.03. The number of carbonyl (C=O) groups excluding carboxylic acids is 2. The second-order valence-corrected chi connectivity index (χ2v) is 10.9. The van der Waals surface area contributed by atoms with Gasteiger partial charge in [0.2, 0.25) is 11.8 Å². The molecule has 3 aliphatic rings. The number of aliphatic carboxylic acids is 1. The van der Waals surface area contributed by atoms with E-state index in [4.69, 9.17) is 14.3 Å². The van der Waals surface area contributed by atoms with Crippen LogP contribution in [0.3, 0.4) is 0 Å². The average Bonchev–Trinajstić information content (AvgIpc) is 3.54. The molecule has 2 aliphatic heterocycles. The van der Waals surface area contributed by atoms with Gasteiger partial charge in [0.25, 0.3) is 0 Å². The Kier molecular flexibility index (Phi) is 8.70. The van der Waals surface area contributed by atoms with E-state index in [2.05, 4.69) is 20.8 Å². The number of rotatable bonds is 12. The molecule has 202 valence electrons. The predicted molar refractivity (Wildman–Crippen MR) is 137 cm³/mol. The molecular formula is C29H39NO7. The van der Waals surface area contributed by atoms with Crippen LogP contribution in [0.4, 0.5) is 0 Å². The van der Waals surface area contributed by atoms with E-state index in [9.17, 15) is 19.5 Å². The summed E-state index contributed by atoms with van der Waals surface area (Å²) in [5.74, 6) is -0.195. The van der Waals surface area contributed by atoms with Crippen molar-refractivity contribution in [2.24, 2.45) is 23.7 Å². The molecule has 1 aliphatic carbocycles.